The van der Waals surface area contributed by atoms with E-state index in [0.717, 1.165) is 24.5 Å². The number of anilines is 2. The van der Waals surface area contributed by atoms with E-state index in [4.69, 9.17) is 0 Å². The van der Waals surface area contributed by atoms with Crippen LogP contribution in [0.3, 0.4) is 0 Å². The van der Waals surface area contributed by atoms with Gasteiger partial charge >= 0.3 is 0 Å². The lowest BCUT2D eigenvalue weighted by Gasteiger charge is -2.07. The summed E-state index contributed by atoms with van der Waals surface area (Å²) in [6.07, 6.45) is 0. The van der Waals surface area contributed by atoms with Crippen molar-refractivity contribution in [1.29, 1.82) is 0 Å². The molecule has 1 aromatic carbocycles. The molecule has 0 fully saturated rings. The minimum Gasteiger partial charge on any atom is -0.383 e. The summed E-state index contributed by atoms with van der Waals surface area (Å²) in [7, 11) is 0. The summed E-state index contributed by atoms with van der Waals surface area (Å²) in [5.41, 5.74) is 1.86. The van der Waals surface area contributed by atoms with Crippen molar-refractivity contribution in [3.8, 4) is 0 Å². The van der Waals surface area contributed by atoms with Crippen molar-refractivity contribution < 1.29 is 4.39 Å². The Morgan fingerprint density at radius 2 is 1.92 bits per heavy atom. The van der Waals surface area contributed by atoms with Gasteiger partial charge in [0, 0.05) is 13.1 Å². The first-order valence-electron chi connectivity index (χ1n) is 4.53. The van der Waals surface area contributed by atoms with Gasteiger partial charge in [-0.3, -0.25) is 0 Å². The van der Waals surface area contributed by atoms with E-state index in [0.29, 0.717) is 5.92 Å². The molecule has 3 heteroatoms. The Labute approximate surface area is 77.2 Å². The summed E-state index contributed by atoms with van der Waals surface area (Å²) in [6, 6.07) is 4.78. The molecule has 1 aromatic rings. The second-order valence-corrected chi connectivity index (χ2v) is 3.56. The number of fused-ring (bicyclic) bond motifs is 1. The van der Waals surface area contributed by atoms with E-state index in [-0.39, 0.29) is 5.82 Å². The predicted octanol–water partition coefficient (Wildman–Crippen LogP) is 2.30. The molecule has 2 N–H and O–H groups in total. The monoisotopic (exact) mass is 180 g/mol. The molecule has 0 radical (unpaired) electrons. The molecule has 0 saturated heterocycles. The molecule has 0 bridgehead atoms. The smallest absolute Gasteiger partial charge is 0.125 e. The second-order valence-electron chi connectivity index (χ2n) is 3.56. The molecule has 2 nitrogen and oxygen atoms in total. The quantitative estimate of drug-likeness (QED) is 0.640. The molecule has 1 unspecified atom stereocenters. The van der Waals surface area contributed by atoms with Gasteiger partial charge < -0.3 is 10.6 Å². The summed E-state index contributed by atoms with van der Waals surface area (Å²) in [4.78, 5) is 0. The van der Waals surface area contributed by atoms with Gasteiger partial charge in [-0.1, -0.05) is 6.92 Å². The number of hydrogen-bond donors (Lipinski definition) is 2. The summed E-state index contributed by atoms with van der Waals surface area (Å²) in [6.45, 7) is 3.98. The van der Waals surface area contributed by atoms with Gasteiger partial charge in [0.2, 0.25) is 0 Å². The van der Waals surface area contributed by atoms with Crippen LogP contribution in [0.15, 0.2) is 18.2 Å². The molecule has 1 atom stereocenters. The van der Waals surface area contributed by atoms with Gasteiger partial charge in [0.1, 0.15) is 5.82 Å². The van der Waals surface area contributed by atoms with Gasteiger partial charge in [-0.25, -0.2) is 4.39 Å². The maximum absolute atomic E-state index is 12.9. The number of hydrogen-bond acceptors (Lipinski definition) is 2. The maximum atomic E-state index is 12.9. The molecule has 13 heavy (non-hydrogen) atoms. The van der Waals surface area contributed by atoms with Crippen LogP contribution in [0.2, 0.25) is 0 Å². The Morgan fingerprint density at radius 1 is 1.23 bits per heavy atom. The van der Waals surface area contributed by atoms with Crippen LogP contribution >= 0.6 is 0 Å². The third-order valence-electron chi connectivity index (χ3n) is 2.26. The van der Waals surface area contributed by atoms with Crippen molar-refractivity contribution in [2.24, 2.45) is 5.92 Å². The highest BCUT2D eigenvalue weighted by molar-refractivity contribution is 5.69. The topological polar surface area (TPSA) is 24.1 Å². The fourth-order valence-electron chi connectivity index (χ4n) is 1.46. The first-order valence-corrected chi connectivity index (χ1v) is 4.53. The van der Waals surface area contributed by atoms with Crippen molar-refractivity contribution in [1.82, 2.24) is 0 Å². The fourth-order valence-corrected chi connectivity index (χ4v) is 1.46. The highest BCUT2D eigenvalue weighted by Gasteiger charge is 2.11. The predicted molar refractivity (Wildman–Crippen MR) is 52.5 cm³/mol. The molecular weight excluding hydrogens is 167 g/mol. The zero-order chi connectivity index (χ0) is 9.26. The molecule has 0 amide bonds. The summed E-state index contributed by atoms with van der Waals surface area (Å²) in [5.74, 6) is 0.373. The first-order chi connectivity index (χ1) is 6.25. The van der Waals surface area contributed by atoms with Crippen molar-refractivity contribution in [2.45, 2.75) is 6.92 Å². The molecule has 0 aromatic heterocycles. The highest BCUT2D eigenvalue weighted by Crippen LogP contribution is 2.25. The van der Waals surface area contributed by atoms with E-state index in [1.807, 2.05) is 0 Å². The summed E-state index contributed by atoms with van der Waals surface area (Å²) in [5, 5.41) is 6.49. The molecule has 1 aliphatic rings. The van der Waals surface area contributed by atoms with E-state index in [1.165, 1.54) is 12.1 Å². The average molecular weight is 180 g/mol. The lowest BCUT2D eigenvalue weighted by molar-refractivity contribution is 0.628. The molecule has 0 spiro atoms. The minimum absolute atomic E-state index is 0.192. The molecule has 70 valence electrons. The van der Waals surface area contributed by atoms with Gasteiger partial charge in [0.15, 0.2) is 0 Å². The zero-order valence-electron chi connectivity index (χ0n) is 7.60. The second kappa shape index (κ2) is 3.24. The van der Waals surface area contributed by atoms with E-state index in [2.05, 4.69) is 17.6 Å². The summed E-state index contributed by atoms with van der Waals surface area (Å²) < 4.78 is 12.9. The fraction of sp³-hybridized carbons (Fsp3) is 0.400. The average Bonchev–Trinajstić information content (AvgIpc) is 2.29. The Morgan fingerprint density at radius 3 is 2.69 bits per heavy atom. The molecule has 0 saturated carbocycles. The van der Waals surface area contributed by atoms with E-state index >= 15 is 0 Å². The molecule has 2 rings (SSSR count). The summed E-state index contributed by atoms with van der Waals surface area (Å²) >= 11 is 0. The van der Waals surface area contributed by atoms with Crippen LogP contribution in [0.4, 0.5) is 15.8 Å². The maximum Gasteiger partial charge on any atom is 0.125 e. The minimum atomic E-state index is -0.192. The Hall–Kier alpha value is -1.25. The standard InChI is InChI=1S/C10H13FN2/c1-7-5-12-9-3-2-8(11)4-10(9)13-6-7/h2-4,7,12-13H,5-6H2,1H3. The highest BCUT2D eigenvalue weighted by atomic mass is 19.1. The van der Waals surface area contributed by atoms with Gasteiger partial charge in [-0.05, 0) is 24.1 Å². The number of halogens is 1. The van der Waals surface area contributed by atoms with E-state index < -0.39 is 0 Å². The molecule has 1 aliphatic heterocycles. The molecular formula is C10H13FN2. The van der Waals surface area contributed by atoms with Crippen LogP contribution in [0.1, 0.15) is 6.92 Å². The number of rotatable bonds is 0. The van der Waals surface area contributed by atoms with Crippen molar-refractivity contribution >= 4 is 11.4 Å². The van der Waals surface area contributed by atoms with Crippen molar-refractivity contribution in [2.75, 3.05) is 23.7 Å². The van der Waals surface area contributed by atoms with Crippen molar-refractivity contribution in [3.63, 3.8) is 0 Å². The van der Waals surface area contributed by atoms with Gasteiger partial charge in [0.05, 0.1) is 11.4 Å². The third-order valence-corrected chi connectivity index (χ3v) is 2.26. The molecule has 0 aliphatic carbocycles. The van der Waals surface area contributed by atoms with Crippen LogP contribution in [0.5, 0.6) is 0 Å². The van der Waals surface area contributed by atoms with Gasteiger partial charge in [0.25, 0.3) is 0 Å². The number of nitrogens with one attached hydrogen (secondary N) is 2. The van der Waals surface area contributed by atoms with Crippen LogP contribution in [0.25, 0.3) is 0 Å². The normalized spacial score (nSPS) is 20.9. The SMILES string of the molecule is CC1CNc2ccc(F)cc2NC1. The van der Waals surface area contributed by atoms with Crippen LogP contribution in [-0.4, -0.2) is 13.1 Å². The van der Waals surface area contributed by atoms with Crippen LogP contribution in [-0.2, 0) is 0 Å². The van der Waals surface area contributed by atoms with Crippen molar-refractivity contribution in [3.05, 3.63) is 24.0 Å². The lowest BCUT2D eigenvalue weighted by Crippen LogP contribution is -2.14. The Balaban J connectivity index is 2.30. The van der Waals surface area contributed by atoms with Crippen LogP contribution < -0.4 is 10.6 Å². The van der Waals surface area contributed by atoms with Gasteiger partial charge in [-0.15, -0.1) is 0 Å². The number of benzene rings is 1. The van der Waals surface area contributed by atoms with Gasteiger partial charge in [-0.2, -0.15) is 0 Å². The Bertz CT molecular complexity index is 312. The lowest BCUT2D eigenvalue weighted by atomic mass is 10.2. The van der Waals surface area contributed by atoms with E-state index in [1.54, 1.807) is 6.07 Å². The third kappa shape index (κ3) is 1.74. The zero-order valence-corrected chi connectivity index (χ0v) is 7.60. The Kier molecular flexibility index (Phi) is 2.08. The molecule has 1 heterocycles. The first kappa shape index (κ1) is 8.35. The van der Waals surface area contributed by atoms with Crippen LogP contribution in [0, 0.1) is 11.7 Å². The van der Waals surface area contributed by atoms with E-state index in [9.17, 15) is 4.39 Å². The largest absolute Gasteiger partial charge is 0.383 e.